The van der Waals surface area contributed by atoms with E-state index >= 15 is 0 Å². The van der Waals surface area contributed by atoms with Gasteiger partial charge in [0.15, 0.2) is 0 Å². The lowest BCUT2D eigenvalue weighted by Crippen LogP contribution is -2.03. The van der Waals surface area contributed by atoms with Gasteiger partial charge in [0.1, 0.15) is 0 Å². The van der Waals surface area contributed by atoms with E-state index in [1.807, 2.05) is 6.92 Å². The maximum Gasteiger partial charge on any atom is 0.306 e. The fourth-order valence-corrected chi connectivity index (χ4v) is 2.46. The second-order valence-corrected chi connectivity index (χ2v) is 4.81. The number of hydrogen-bond acceptors (Lipinski definition) is 3. The number of rotatable bonds is 3. The average Bonchev–Trinajstić information content (AvgIpc) is 2.31. The first kappa shape index (κ1) is 10.7. The molecule has 1 aromatic heterocycles. The molecule has 0 spiro atoms. The van der Waals surface area contributed by atoms with Gasteiger partial charge < -0.3 is 10.2 Å². The third-order valence-corrected chi connectivity index (χ3v) is 3.81. The third kappa shape index (κ3) is 2.79. The van der Waals surface area contributed by atoms with Gasteiger partial charge in [-0.25, -0.2) is 0 Å². The predicted molar refractivity (Wildman–Crippen MR) is 54.0 cm³/mol. The summed E-state index contributed by atoms with van der Waals surface area (Å²) in [5.41, 5.74) is 0. The Balaban J connectivity index is 2.77. The van der Waals surface area contributed by atoms with Gasteiger partial charge in [0.25, 0.3) is 0 Å². The largest absolute Gasteiger partial charge is 0.481 e. The van der Waals surface area contributed by atoms with Gasteiger partial charge in [-0.15, -0.1) is 11.3 Å². The Labute approximate surface area is 88.1 Å². The van der Waals surface area contributed by atoms with Crippen molar-refractivity contribution in [3.63, 3.8) is 0 Å². The van der Waals surface area contributed by atoms with E-state index in [2.05, 4.69) is 15.9 Å². The smallest absolute Gasteiger partial charge is 0.306 e. The molecule has 0 unspecified atom stereocenters. The Morgan fingerprint density at radius 3 is 2.77 bits per heavy atom. The molecule has 0 amide bonds. The topological polar surface area (TPSA) is 57.5 Å². The Kier molecular flexibility index (Phi) is 3.47. The molecule has 0 radical (unpaired) electrons. The lowest BCUT2D eigenvalue weighted by Gasteiger charge is -2.03. The van der Waals surface area contributed by atoms with E-state index in [0.29, 0.717) is 4.88 Å². The molecule has 13 heavy (non-hydrogen) atoms. The van der Waals surface area contributed by atoms with Gasteiger partial charge in [-0.3, -0.25) is 4.79 Å². The number of aliphatic carboxylic acids is 1. The van der Waals surface area contributed by atoms with Crippen molar-refractivity contribution in [3.05, 3.63) is 20.3 Å². The number of aliphatic hydroxyl groups is 1. The third-order valence-electron chi connectivity index (χ3n) is 1.57. The van der Waals surface area contributed by atoms with Gasteiger partial charge >= 0.3 is 5.97 Å². The molecule has 5 heteroatoms. The van der Waals surface area contributed by atoms with Crippen molar-refractivity contribution in [2.45, 2.75) is 19.4 Å². The van der Waals surface area contributed by atoms with Gasteiger partial charge in [-0.1, -0.05) is 0 Å². The number of hydrogen-bond donors (Lipinski definition) is 2. The van der Waals surface area contributed by atoms with Crippen LogP contribution in [0.4, 0.5) is 0 Å². The molecule has 3 nitrogen and oxygen atoms in total. The van der Waals surface area contributed by atoms with E-state index < -0.39 is 12.1 Å². The fraction of sp³-hybridized carbons (Fsp3) is 0.375. The van der Waals surface area contributed by atoms with E-state index in [9.17, 15) is 9.90 Å². The van der Waals surface area contributed by atoms with E-state index in [-0.39, 0.29) is 6.42 Å². The van der Waals surface area contributed by atoms with E-state index in [1.54, 1.807) is 6.07 Å². The molecule has 0 aromatic carbocycles. The van der Waals surface area contributed by atoms with Crippen molar-refractivity contribution in [2.75, 3.05) is 0 Å². The van der Waals surface area contributed by atoms with Crippen LogP contribution in [0.2, 0.25) is 0 Å². The quantitative estimate of drug-likeness (QED) is 0.881. The standard InChI is InChI=1S/C8H9BrO3S/c1-4-5(9)2-7(13-4)6(10)3-8(11)12/h2,6,10H,3H2,1H3,(H,11,12)/t6-/m0/s1. The molecule has 0 aliphatic rings. The van der Waals surface area contributed by atoms with Crippen LogP contribution in [0, 0.1) is 6.92 Å². The molecule has 0 aliphatic heterocycles. The summed E-state index contributed by atoms with van der Waals surface area (Å²) in [6.07, 6.45) is -1.14. The van der Waals surface area contributed by atoms with Crippen LogP contribution in [-0.4, -0.2) is 16.2 Å². The summed E-state index contributed by atoms with van der Waals surface area (Å²) in [4.78, 5) is 12.0. The van der Waals surface area contributed by atoms with Crippen molar-refractivity contribution < 1.29 is 15.0 Å². The highest BCUT2D eigenvalue weighted by molar-refractivity contribution is 9.10. The van der Waals surface area contributed by atoms with Crippen molar-refractivity contribution in [1.82, 2.24) is 0 Å². The highest BCUT2D eigenvalue weighted by Gasteiger charge is 2.15. The van der Waals surface area contributed by atoms with Crippen LogP contribution in [0.1, 0.15) is 22.3 Å². The molecule has 1 heterocycles. The normalized spacial score (nSPS) is 12.8. The van der Waals surface area contributed by atoms with Crippen molar-refractivity contribution >= 4 is 33.2 Å². The summed E-state index contributed by atoms with van der Waals surface area (Å²) in [5.74, 6) is -0.991. The fourth-order valence-electron chi connectivity index (χ4n) is 0.912. The van der Waals surface area contributed by atoms with E-state index in [0.717, 1.165) is 9.35 Å². The van der Waals surface area contributed by atoms with Crippen LogP contribution in [0.3, 0.4) is 0 Å². The summed E-state index contributed by atoms with van der Waals surface area (Å²) in [6, 6.07) is 1.76. The van der Waals surface area contributed by atoms with Crippen LogP contribution in [0.25, 0.3) is 0 Å². The molecule has 72 valence electrons. The number of aliphatic hydroxyl groups excluding tert-OH is 1. The molecule has 1 rings (SSSR count). The molecule has 0 saturated heterocycles. The number of carbonyl (C=O) groups is 1. The molecule has 0 bridgehead atoms. The summed E-state index contributed by atoms with van der Waals surface area (Å²) in [5, 5.41) is 17.9. The Bertz CT molecular complexity index is 302. The zero-order valence-corrected chi connectivity index (χ0v) is 9.35. The summed E-state index contributed by atoms with van der Waals surface area (Å²) >= 11 is 4.71. The van der Waals surface area contributed by atoms with Crippen LogP contribution in [0.15, 0.2) is 10.5 Å². The lowest BCUT2D eigenvalue weighted by molar-refractivity contribution is -0.139. The Morgan fingerprint density at radius 2 is 2.38 bits per heavy atom. The Hall–Kier alpha value is -0.390. The first-order chi connectivity index (χ1) is 6.00. The van der Waals surface area contributed by atoms with Crippen molar-refractivity contribution in [2.24, 2.45) is 0 Å². The van der Waals surface area contributed by atoms with Crippen molar-refractivity contribution in [3.8, 4) is 0 Å². The first-order valence-corrected chi connectivity index (χ1v) is 5.27. The highest BCUT2D eigenvalue weighted by Crippen LogP contribution is 2.31. The second-order valence-electron chi connectivity index (χ2n) is 2.67. The zero-order chi connectivity index (χ0) is 10.0. The maximum atomic E-state index is 10.3. The van der Waals surface area contributed by atoms with E-state index in [4.69, 9.17) is 5.11 Å². The van der Waals surface area contributed by atoms with Crippen LogP contribution in [-0.2, 0) is 4.79 Å². The minimum Gasteiger partial charge on any atom is -0.481 e. The van der Waals surface area contributed by atoms with Gasteiger partial charge in [0, 0.05) is 14.2 Å². The number of carboxylic acids is 1. The second kappa shape index (κ2) is 4.21. The molecular formula is C8H9BrO3S. The number of carboxylic acid groups (broad SMARTS) is 1. The minimum atomic E-state index is -0.991. The summed E-state index contributed by atoms with van der Waals surface area (Å²) in [7, 11) is 0. The molecule has 2 N–H and O–H groups in total. The monoisotopic (exact) mass is 264 g/mol. The lowest BCUT2D eigenvalue weighted by atomic mass is 10.2. The highest BCUT2D eigenvalue weighted by atomic mass is 79.9. The van der Waals surface area contributed by atoms with E-state index in [1.165, 1.54) is 11.3 Å². The predicted octanol–water partition coefficient (Wildman–Crippen LogP) is 2.33. The molecular weight excluding hydrogens is 256 g/mol. The van der Waals surface area contributed by atoms with Gasteiger partial charge in [0.05, 0.1) is 12.5 Å². The molecule has 0 saturated carbocycles. The van der Waals surface area contributed by atoms with Gasteiger partial charge in [-0.2, -0.15) is 0 Å². The number of thiophene rings is 1. The van der Waals surface area contributed by atoms with Crippen LogP contribution >= 0.6 is 27.3 Å². The number of halogens is 1. The van der Waals surface area contributed by atoms with Gasteiger partial charge in [-0.05, 0) is 28.9 Å². The van der Waals surface area contributed by atoms with Crippen LogP contribution in [0.5, 0.6) is 0 Å². The van der Waals surface area contributed by atoms with Crippen LogP contribution < -0.4 is 0 Å². The molecule has 0 aliphatic carbocycles. The summed E-state index contributed by atoms with van der Waals surface area (Å²) < 4.78 is 0.914. The first-order valence-electron chi connectivity index (χ1n) is 3.66. The summed E-state index contributed by atoms with van der Waals surface area (Å²) in [6.45, 7) is 1.91. The number of aryl methyl sites for hydroxylation is 1. The molecule has 1 atom stereocenters. The minimum absolute atomic E-state index is 0.244. The Morgan fingerprint density at radius 1 is 1.77 bits per heavy atom. The zero-order valence-electron chi connectivity index (χ0n) is 6.95. The SMILES string of the molecule is Cc1sc([C@@H](O)CC(=O)O)cc1Br. The molecule has 1 aromatic rings. The maximum absolute atomic E-state index is 10.3. The van der Waals surface area contributed by atoms with Crippen molar-refractivity contribution in [1.29, 1.82) is 0 Å². The molecule has 0 fully saturated rings. The average molecular weight is 265 g/mol. The van der Waals surface area contributed by atoms with Gasteiger partial charge in [0.2, 0.25) is 0 Å².